The van der Waals surface area contributed by atoms with Gasteiger partial charge in [-0.3, -0.25) is 0 Å². The largest absolute Gasteiger partial charge is 0.494 e. The summed E-state index contributed by atoms with van der Waals surface area (Å²) in [6, 6.07) is 30.0. The van der Waals surface area contributed by atoms with Crippen LogP contribution in [0.1, 0.15) is 19.8 Å². The lowest BCUT2D eigenvalue weighted by atomic mass is 10.3. The minimum absolute atomic E-state index is 0.0858. The fourth-order valence-corrected chi connectivity index (χ4v) is 4.61. The van der Waals surface area contributed by atoms with Crippen LogP contribution in [-0.2, 0) is 10.9 Å². The minimum Gasteiger partial charge on any atom is -0.494 e. The predicted octanol–water partition coefficient (Wildman–Crippen LogP) is 1.20. The molecule has 0 fully saturated rings. The standard InChI is InChI=1S/C22H23OS.ClHO4/c1-2-3-18-23-19-14-16-22(17-15-19)24(20-10-6-4-7-11-20)21-12-8-5-9-13-21;2-1(3,4)5/h4-17H,2-3,18H2,1H3;(H,2,3,4,5)/q+1;/p-1. The summed E-state index contributed by atoms with van der Waals surface area (Å²) in [7, 11) is -5.03. The fraction of sp³-hybridized carbons (Fsp3) is 0.182. The lowest BCUT2D eigenvalue weighted by molar-refractivity contribution is -2.00. The number of hydrogen-bond acceptors (Lipinski definition) is 5. The van der Waals surface area contributed by atoms with Crippen molar-refractivity contribution in [1.82, 2.24) is 0 Å². The van der Waals surface area contributed by atoms with Crippen LogP contribution in [0.25, 0.3) is 0 Å². The summed E-state index contributed by atoms with van der Waals surface area (Å²) in [6.45, 7) is 2.97. The van der Waals surface area contributed by atoms with E-state index in [2.05, 4.69) is 91.9 Å². The molecular weight excluding hydrogens is 412 g/mol. The molecular formula is C22H23ClO5S. The Balaban J connectivity index is 0.000000537. The second-order valence-corrected chi connectivity index (χ2v) is 8.77. The third kappa shape index (κ3) is 8.87. The molecule has 0 spiro atoms. The normalized spacial score (nSPS) is 11.0. The highest BCUT2D eigenvalue weighted by Gasteiger charge is 2.28. The fourth-order valence-electron chi connectivity index (χ4n) is 2.53. The first kappa shape index (κ1) is 23.2. The summed E-state index contributed by atoms with van der Waals surface area (Å²) in [5.41, 5.74) is 0. The van der Waals surface area contributed by atoms with E-state index in [9.17, 15) is 0 Å². The van der Waals surface area contributed by atoms with Crippen LogP contribution in [0.15, 0.2) is 99.6 Å². The van der Waals surface area contributed by atoms with Gasteiger partial charge in [0.25, 0.3) is 0 Å². The summed E-state index contributed by atoms with van der Waals surface area (Å²) in [5.74, 6) is 0.955. The van der Waals surface area contributed by atoms with E-state index in [4.69, 9.17) is 23.4 Å². The van der Waals surface area contributed by atoms with Gasteiger partial charge in [0.2, 0.25) is 0 Å². The first-order chi connectivity index (χ1) is 13.9. The van der Waals surface area contributed by atoms with Gasteiger partial charge in [0.1, 0.15) is 5.75 Å². The molecule has 0 saturated carbocycles. The molecule has 0 aromatic heterocycles. The first-order valence-electron chi connectivity index (χ1n) is 9.07. The second-order valence-electron chi connectivity index (χ2n) is 5.98. The smallest absolute Gasteiger partial charge is 0.166 e. The zero-order valence-electron chi connectivity index (χ0n) is 16.0. The van der Waals surface area contributed by atoms with Crippen molar-refractivity contribution in [2.24, 2.45) is 0 Å². The quantitative estimate of drug-likeness (QED) is 0.411. The van der Waals surface area contributed by atoms with Crippen molar-refractivity contribution in [2.45, 2.75) is 34.5 Å². The molecule has 0 aliphatic rings. The zero-order valence-corrected chi connectivity index (χ0v) is 17.6. The molecule has 0 heterocycles. The average Bonchev–Trinajstić information content (AvgIpc) is 2.70. The molecule has 5 nitrogen and oxygen atoms in total. The van der Waals surface area contributed by atoms with Crippen LogP contribution in [0.5, 0.6) is 5.75 Å². The Hall–Kier alpha value is -2.06. The Kier molecular flexibility index (Phi) is 9.47. The highest BCUT2D eigenvalue weighted by molar-refractivity contribution is 7.97. The van der Waals surface area contributed by atoms with Gasteiger partial charge in [-0.25, -0.2) is 18.6 Å². The number of ether oxygens (including phenoxy) is 1. The van der Waals surface area contributed by atoms with E-state index in [0.29, 0.717) is 0 Å². The molecule has 0 saturated heterocycles. The Morgan fingerprint density at radius 1 is 0.690 bits per heavy atom. The Labute approximate surface area is 176 Å². The van der Waals surface area contributed by atoms with E-state index in [-0.39, 0.29) is 10.9 Å². The van der Waals surface area contributed by atoms with E-state index in [0.717, 1.165) is 25.2 Å². The topological polar surface area (TPSA) is 101 Å². The predicted molar refractivity (Wildman–Crippen MR) is 102 cm³/mol. The highest BCUT2D eigenvalue weighted by Crippen LogP contribution is 2.31. The molecule has 3 aromatic rings. The summed E-state index contributed by atoms with van der Waals surface area (Å²) in [4.78, 5) is 3.99. The number of rotatable bonds is 7. The maximum absolute atomic E-state index is 8.49. The maximum atomic E-state index is 8.49. The molecule has 3 rings (SSSR count). The molecule has 154 valence electrons. The maximum Gasteiger partial charge on any atom is 0.166 e. The van der Waals surface area contributed by atoms with E-state index in [1.54, 1.807) is 0 Å². The van der Waals surface area contributed by atoms with Crippen LogP contribution in [0, 0.1) is 10.2 Å². The molecule has 0 unspecified atom stereocenters. The number of hydrogen-bond donors (Lipinski definition) is 0. The Morgan fingerprint density at radius 3 is 1.52 bits per heavy atom. The van der Waals surface area contributed by atoms with Crippen LogP contribution in [0.2, 0.25) is 0 Å². The van der Waals surface area contributed by atoms with E-state index >= 15 is 0 Å². The second kappa shape index (κ2) is 11.8. The summed E-state index contributed by atoms with van der Waals surface area (Å²) in [6.07, 6.45) is 2.25. The van der Waals surface area contributed by atoms with Crippen molar-refractivity contribution in [3.05, 3.63) is 84.9 Å². The molecule has 0 amide bonds. The van der Waals surface area contributed by atoms with Crippen molar-refractivity contribution in [2.75, 3.05) is 6.61 Å². The highest BCUT2D eigenvalue weighted by atomic mass is 35.7. The van der Waals surface area contributed by atoms with Crippen molar-refractivity contribution in [3.63, 3.8) is 0 Å². The molecule has 29 heavy (non-hydrogen) atoms. The lowest BCUT2D eigenvalue weighted by Crippen LogP contribution is -2.68. The van der Waals surface area contributed by atoms with Gasteiger partial charge >= 0.3 is 0 Å². The molecule has 0 aliphatic carbocycles. The minimum atomic E-state index is -4.94. The molecule has 0 N–H and O–H groups in total. The van der Waals surface area contributed by atoms with Gasteiger partial charge in [-0.2, -0.15) is 0 Å². The van der Waals surface area contributed by atoms with Gasteiger partial charge in [-0.1, -0.05) is 49.7 Å². The van der Waals surface area contributed by atoms with Crippen molar-refractivity contribution >= 4 is 10.9 Å². The van der Waals surface area contributed by atoms with Crippen LogP contribution < -0.4 is 23.4 Å². The molecule has 0 atom stereocenters. The van der Waals surface area contributed by atoms with Gasteiger partial charge in [-0.15, -0.1) is 10.2 Å². The Bertz CT molecular complexity index is 778. The number of benzene rings is 3. The Morgan fingerprint density at radius 2 is 1.10 bits per heavy atom. The molecule has 0 radical (unpaired) electrons. The van der Waals surface area contributed by atoms with Gasteiger partial charge in [0, 0.05) is 0 Å². The third-order valence-corrected chi connectivity index (χ3v) is 6.01. The van der Waals surface area contributed by atoms with E-state index in [1.165, 1.54) is 14.7 Å². The number of halogens is 1. The molecule has 3 aromatic carbocycles. The SMILES string of the molecule is CCCCOc1ccc([S+](c2ccccc2)c2ccccc2)cc1.[O-][Cl+3]([O-])([O-])[O-]. The van der Waals surface area contributed by atoms with E-state index < -0.39 is 10.2 Å². The van der Waals surface area contributed by atoms with Crippen molar-refractivity contribution in [1.29, 1.82) is 0 Å². The summed E-state index contributed by atoms with van der Waals surface area (Å²) >= 11 is 0. The summed E-state index contributed by atoms with van der Waals surface area (Å²) < 4.78 is 39.8. The summed E-state index contributed by atoms with van der Waals surface area (Å²) in [5, 5.41) is 0. The van der Waals surface area contributed by atoms with Crippen LogP contribution >= 0.6 is 0 Å². The van der Waals surface area contributed by atoms with Crippen LogP contribution in [-0.4, -0.2) is 6.61 Å². The van der Waals surface area contributed by atoms with Gasteiger partial charge < -0.3 is 4.74 Å². The van der Waals surface area contributed by atoms with Gasteiger partial charge in [0.15, 0.2) is 14.7 Å². The third-order valence-electron chi connectivity index (χ3n) is 3.78. The van der Waals surface area contributed by atoms with E-state index in [1.807, 2.05) is 0 Å². The van der Waals surface area contributed by atoms with Crippen LogP contribution in [0.4, 0.5) is 0 Å². The van der Waals surface area contributed by atoms with Gasteiger partial charge in [-0.05, 0) is 55.0 Å². The first-order valence-corrected chi connectivity index (χ1v) is 11.5. The molecule has 0 aliphatic heterocycles. The van der Waals surface area contributed by atoms with Crippen molar-refractivity contribution < 1.29 is 33.6 Å². The average molecular weight is 435 g/mol. The molecule has 0 bridgehead atoms. The van der Waals surface area contributed by atoms with Crippen molar-refractivity contribution in [3.8, 4) is 5.75 Å². The van der Waals surface area contributed by atoms with Gasteiger partial charge in [0.05, 0.1) is 17.5 Å². The molecule has 7 heteroatoms. The number of unbranched alkanes of at least 4 members (excludes halogenated alkanes) is 1. The monoisotopic (exact) mass is 434 g/mol. The van der Waals surface area contributed by atoms with Crippen LogP contribution in [0.3, 0.4) is 0 Å². The lowest BCUT2D eigenvalue weighted by Gasteiger charge is -2.17. The zero-order chi connectivity index (χ0) is 21.1.